The fourth-order valence-electron chi connectivity index (χ4n) is 3.64. The van der Waals surface area contributed by atoms with Crippen LogP contribution in [0, 0.1) is 5.82 Å². The van der Waals surface area contributed by atoms with Crippen molar-refractivity contribution in [1.29, 1.82) is 0 Å². The Balaban J connectivity index is 1.78. The highest BCUT2D eigenvalue weighted by Crippen LogP contribution is 2.40. The van der Waals surface area contributed by atoms with E-state index in [1.807, 2.05) is 0 Å². The second-order valence-electron chi connectivity index (χ2n) is 6.59. The molecule has 5 nitrogen and oxygen atoms in total. The number of nitrogens with zero attached hydrogens (tertiary/aromatic N) is 1. The van der Waals surface area contributed by atoms with Gasteiger partial charge in [-0.15, -0.1) is 11.3 Å². The summed E-state index contributed by atoms with van der Waals surface area (Å²) >= 11 is 1.21. The van der Waals surface area contributed by atoms with Gasteiger partial charge in [0.2, 0.25) is 5.78 Å². The summed E-state index contributed by atoms with van der Waals surface area (Å²) in [5.74, 6) is -2.27. The van der Waals surface area contributed by atoms with Crippen LogP contribution in [0.4, 0.5) is 4.39 Å². The molecule has 140 valence electrons. The third-order valence-electron chi connectivity index (χ3n) is 4.92. The summed E-state index contributed by atoms with van der Waals surface area (Å²) in [5, 5.41) is 12.2. The molecule has 1 N–H and O–H groups in total. The van der Waals surface area contributed by atoms with Crippen LogP contribution in [0.5, 0.6) is 0 Å². The summed E-state index contributed by atoms with van der Waals surface area (Å²) in [5.41, 5.74) is 0.110. The fraction of sp³-hybridized carbons (Fsp3) is 0.300. The molecule has 1 fully saturated rings. The van der Waals surface area contributed by atoms with Crippen molar-refractivity contribution in [3.05, 3.63) is 69.4 Å². The molecule has 27 heavy (non-hydrogen) atoms. The second-order valence-corrected chi connectivity index (χ2v) is 7.53. The number of ether oxygens (including phenoxy) is 1. The Hall–Kier alpha value is -2.51. The number of Topliss-reactive ketones (excluding diaryl/α,β-unsaturated/α-hetero) is 1. The zero-order valence-corrected chi connectivity index (χ0v) is 15.2. The van der Waals surface area contributed by atoms with Gasteiger partial charge in [-0.3, -0.25) is 9.59 Å². The van der Waals surface area contributed by atoms with E-state index >= 15 is 0 Å². The lowest BCUT2D eigenvalue weighted by molar-refractivity contribution is -0.131. The van der Waals surface area contributed by atoms with E-state index in [0.29, 0.717) is 11.5 Å². The summed E-state index contributed by atoms with van der Waals surface area (Å²) in [6.07, 6.45) is 1.48. The van der Waals surface area contributed by atoms with Crippen molar-refractivity contribution in [3.8, 4) is 0 Å². The highest BCUT2D eigenvalue weighted by Gasteiger charge is 2.45. The first-order chi connectivity index (χ1) is 13.1. The van der Waals surface area contributed by atoms with Gasteiger partial charge in [-0.25, -0.2) is 4.39 Å². The van der Waals surface area contributed by atoms with Crippen LogP contribution >= 0.6 is 11.3 Å². The number of hydrogen-bond donors (Lipinski definition) is 1. The summed E-state index contributed by atoms with van der Waals surface area (Å²) in [6, 6.07) is 8.38. The number of aliphatic hydroxyl groups excluding tert-OH is 1. The van der Waals surface area contributed by atoms with Gasteiger partial charge in [-0.05, 0) is 30.4 Å². The van der Waals surface area contributed by atoms with Crippen molar-refractivity contribution in [2.45, 2.75) is 25.0 Å². The Bertz CT molecular complexity index is 902. The SMILES string of the molecule is O=C(C1=C(O)C(=O)N(C[C@@H]2CCCO2)[C@H]1c1ccccc1F)c1cccs1. The van der Waals surface area contributed by atoms with Gasteiger partial charge in [0.15, 0.2) is 5.76 Å². The van der Waals surface area contributed by atoms with Gasteiger partial charge >= 0.3 is 0 Å². The van der Waals surface area contributed by atoms with Crippen molar-refractivity contribution < 1.29 is 23.8 Å². The number of aliphatic hydroxyl groups is 1. The highest BCUT2D eigenvalue weighted by molar-refractivity contribution is 7.12. The number of hydrogen-bond acceptors (Lipinski definition) is 5. The summed E-state index contributed by atoms with van der Waals surface area (Å²) in [7, 11) is 0. The average molecular weight is 387 g/mol. The Morgan fingerprint density at radius 2 is 2.11 bits per heavy atom. The zero-order valence-electron chi connectivity index (χ0n) is 14.4. The molecule has 4 rings (SSSR count). The number of ketones is 1. The lowest BCUT2D eigenvalue weighted by Crippen LogP contribution is -2.37. The quantitative estimate of drug-likeness (QED) is 0.796. The van der Waals surface area contributed by atoms with Crippen LogP contribution in [0.25, 0.3) is 0 Å². The van der Waals surface area contributed by atoms with Gasteiger partial charge in [-0.1, -0.05) is 24.3 Å². The van der Waals surface area contributed by atoms with E-state index in [-0.39, 0.29) is 23.8 Å². The Morgan fingerprint density at radius 1 is 1.30 bits per heavy atom. The normalized spacial score (nSPS) is 22.7. The lowest BCUT2D eigenvalue weighted by atomic mass is 9.95. The van der Waals surface area contributed by atoms with Crippen LogP contribution in [-0.4, -0.2) is 41.0 Å². The van der Waals surface area contributed by atoms with Gasteiger partial charge in [0.25, 0.3) is 5.91 Å². The Labute approximate surface area is 159 Å². The van der Waals surface area contributed by atoms with E-state index in [1.165, 1.54) is 28.4 Å². The number of carbonyl (C=O) groups excluding carboxylic acids is 2. The summed E-state index contributed by atoms with van der Waals surface area (Å²) < 4.78 is 20.2. The third kappa shape index (κ3) is 3.17. The van der Waals surface area contributed by atoms with Gasteiger partial charge in [-0.2, -0.15) is 0 Å². The van der Waals surface area contributed by atoms with E-state index in [9.17, 15) is 19.1 Å². The predicted octanol–water partition coefficient (Wildman–Crippen LogP) is 3.64. The maximum absolute atomic E-state index is 14.6. The first kappa shape index (κ1) is 17.9. The molecule has 0 unspecified atom stereocenters. The average Bonchev–Trinajstić information content (AvgIpc) is 3.40. The van der Waals surface area contributed by atoms with Gasteiger partial charge < -0.3 is 14.7 Å². The van der Waals surface area contributed by atoms with Crippen LogP contribution in [-0.2, 0) is 9.53 Å². The molecule has 1 amide bonds. The van der Waals surface area contributed by atoms with E-state index < -0.39 is 29.3 Å². The van der Waals surface area contributed by atoms with Crippen molar-refractivity contribution in [1.82, 2.24) is 4.90 Å². The minimum absolute atomic E-state index is 0.0782. The molecular formula is C20H18FNO4S. The molecule has 2 atom stereocenters. The molecule has 1 saturated heterocycles. The molecule has 0 spiro atoms. The predicted molar refractivity (Wildman–Crippen MR) is 98.1 cm³/mol. The van der Waals surface area contributed by atoms with Crippen LogP contribution in [0.1, 0.15) is 34.1 Å². The first-order valence-electron chi connectivity index (χ1n) is 8.76. The molecule has 2 aliphatic heterocycles. The third-order valence-corrected chi connectivity index (χ3v) is 5.79. The standard InChI is InChI=1S/C20H18FNO4S/c21-14-7-2-1-6-13(14)17-16(18(23)15-8-4-10-27-15)19(24)20(25)22(17)11-12-5-3-9-26-12/h1-2,4,6-8,10,12,17,24H,3,5,9,11H2/t12-,17-/m0/s1. The van der Waals surface area contributed by atoms with Gasteiger partial charge in [0.05, 0.1) is 22.6 Å². The second kappa shape index (κ2) is 7.25. The van der Waals surface area contributed by atoms with Crippen LogP contribution in [0.2, 0.25) is 0 Å². The zero-order chi connectivity index (χ0) is 19.0. The monoisotopic (exact) mass is 387 g/mol. The summed E-state index contributed by atoms with van der Waals surface area (Å²) in [6.45, 7) is 0.806. The van der Waals surface area contributed by atoms with Crippen LogP contribution < -0.4 is 0 Å². The Morgan fingerprint density at radius 3 is 2.78 bits per heavy atom. The van der Waals surface area contributed by atoms with Gasteiger partial charge in [0, 0.05) is 18.7 Å². The van der Waals surface area contributed by atoms with E-state index in [0.717, 1.165) is 12.8 Å². The molecule has 1 aromatic carbocycles. The minimum atomic E-state index is -0.975. The van der Waals surface area contributed by atoms with E-state index in [1.54, 1.807) is 29.6 Å². The lowest BCUT2D eigenvalue weighted by Gasteiger charge is -2.29. The number of amides is 1. The molecule has 1 aromatic heterocycles. The topological polar surface area (TPSA) is 66.8 Å². The minimum Gasteiger partial charge on any atom is -0.503 e. The largest absolute Gasteiger partial charge is 0.503 e. The van der Waals surface area contributed by atoms with Crippen molar-refractivity contribution >= 4 is 23.0 Å². The maximum atomic E-state index is 14.6. The first-order valence-corrected chi connectivity index (χ1v) is 9.64. The number of carbonyl (C=O) groups is 2. The Kier molecular flexibility index (Phi) is 4.80. The molecule has 0 saturated carbocycles. The molecule has 7 heteroatoms. The molecule has 2 aliphatic rings. The summed E-state index contributed by atoms with van der Waals surface area (Å²) in [4.78, 5) is 27.5. The van der Waals surface area contributed by atoms with Crippen LogP contribution in [0.3, 0.4) is 0 Å². The molecular weight excluding hydrogens is 369 g/mol. The fourth-order valence-corrected chi connectivity index (χ4v) is 4.32. The van der Waals surface area contributed by atoms with E-state index in [4.69, 9.17) is 4.74 Å². The molecule has 3 heterocycles. The van der Waals surface area contributed by atoms with Crippen molar-refractivity contribution in [2.24, 2.45) is 0 Å². The molecule has 0 radical (unpaired) electrons. The van der Waals surface area contributed by atoms with Crippen LogP contribution in [0.15, 0.2) is 53.1 Å². The van der Waals surface area contributed by atoms with Crippen molar-refractivity contribution in [2.75, 3.05) is 13.2 Å². The molecule has 2 aromatic rings. The number of rotatable bonds is 5. The maximum Gasteiger partial charge on any atom is 0.290 e. The molecule has 0 aliphatic carbocycles. The van der Waals surface area contributed by atoms with Gasteiger partial charge in [0.1, 0.15) is 5.82 Å². The van der Waals surface area contributed by atoms with Crippen molar-refractivity contribution in [3.63, 3.8) is 0 Å². The highest BCUT2D eigenvalue weighted by atomic mass is 32.1. The molecule has 0 bridgehead atoms. The van der Waals surface area contributed by atoms with E-state index in [2.05, 4.69) is 0 Å². The number of halogens is 1. The number of benzene rings is 1. The number of thiophene rings is 1. The smallest absolute Gasteiger partial charge is 0.290 e.